The average Bonchev–Trinajstić information content (AvgIpc) is 2.90. The molecule has 0 spiro atoms. The summed E-state index contributed by atoms with van der Waals surface area (Å²) in [6.45, 7) is 0. The Morgan fingerprint density at radius 1 is 0.957 bits per heavy atom. The molecule has 3 rings (SSSR count). The van der Waals surface area contributed by atoms with Crippen LogP contribution in [-0.4, -0.2) is 11.9 Å². The van der Waals surface area contributed by atoms with Gasteiger partial charge in [-0.25, -0.2) is 9.79 Å². The Morgan fingerprint density at radius 3 is 2.52 bits per heavy atom. The lowest BCUT2D eigenvalue weighted by Crippen LogP contribution is -2.01. The molecule has 0 aliphatic carbocycles. The minimum atomic E-state index is -0.481. The Kier molecular flexibility index (Phi) is 4.60. The van der Waals surface area contributed by atoms with Gasteiger partial charge in [0.1, 0.15) is 0 Å². The molecule has 0 fully saturated rings. The van der Waals surface area contributed by atoms with Crippen LogP contribution in [0.2, 0.25) is 10.0 Å². The first kappa shape index (κ1) is 15.5. The molecule has 1 heterocycles. The minimum absolute atomic E-state index is 0.216. The molecular formula is C18H11Cl2NO2. The summed E-state index contributed by atoms with van der Waals surface area (Å²) in [6.07, 6.45) is 4.96. The fourth-order valence-electron chi connectivity index (χ4n) is 2.01. The molecule has 3 nitrogen and oxygen atoms in total. The van der Waals surface area contributed by atoms with Gasteiger partial charge in [-0.05, 0) is 29.3 Å². The molecule has 114 valence electrons. The number of hydrogen-bond acceptors (Lipinski definition) is 3. The van der Waals surface area contributed by atoms with Gasteiger partial charge in [-0.1, -0.05) is 65.7 Å². The first-order chi connectivity index (χ1) is 11.1. The van der Waals surface area contributed by atoms with Crippen LogP contribution in [0, 0.1) is 0 Å². The summed E-state index contributed by atoms with van der Waals surface area (Å²) in [7, 11) is 0. The van der Waals surface area contributed by atoms with Gasteiger partial charge in [0.2, 0.25) is 5.90 Å². The van der Waals surface area contributed by atoms with Crippen LogP contribution in [0.25, 0.3) is 12.2 Å². The fourth-order valence-corrected chi connectivity index (χ4v) is 2.39. The topological polar surface area (TPSA) is 38.7 Å². The van der Waals surface area contributed by atoms with Gasteiger partial charge < -0.3 is 4.74 Å². The molecule has 1 aliphatic heterocycles. The summed E-state index contributed by atoms with van der Waals surface area (Å²) < 4.78 is 5.12. The number of hydrogen-bond donors (Lipinski definition) is 0. The second-order valence-electron chi connectivity index (χ2n) is 4.76. The van der Waals surface area contributed by atoms with Gasteiger partial charge in [-0.3, -0.25) is 0 Å². The van der Waals surface area contributed by atoms with Crippen molar-refractivity contribution in [3.8, 4) is 0 Å². The predicted octanol–water partition coefficient (Wildman–Crippen LogP) is 5.00. The Balaban J connectivity index is 1.83. The number of rotatable bonds is 3. The Hall–Kier alpha value is -2.36. The van der Waals surface area contributed by atoms with Crippen molar-refractivity contribution >= 4 is 47.2 Å². The quantitative estimate of drug-likeness (QED) is 0.580. The second kappa shape index (κ2) is 6.82. The highest BCUT2D eigenvalue weighted by Crippen LogP contribution is 2.26. The van der Waals surface area contributed by atoms with Crippen molar-refractivity contribution in [2.45, 2.75) is 0 Å². The van der Waals surface area contributed by atoms with Crippen LogP contribution in [-0.2, 0) is 9.53 Å². The van der Waals surface area contributed by atoms with Crippen molar-refractivity contribution in [3.63, 3.8) is 0 Å². The highest BCUT2D eigenvalue weighted by Gasteiger charge is 2.21. The van der Waals surface area contributed by atoms with Gasteiger partial charge >= 0.3 is 5.97 Å². The number of ether oxygens (including phenoxy) is 1. The van der Waals surface area contributed by atoms with Crippen molar-refractivity contribution < 1.29 is 9.53 Å². The molecule has 0 saturated carbocycles. The Morgan fingerprint density at radius 2 is 1.74 bits per heavy atom. The average molecular weight is 344 g/mol. The smallest absolute Gasteiger partial charge is 0.363 e. The van der Waals surface area contributed by atoms with E-state index in [1.54, 1.807) is 30.4 Å². The summed E-state index contributed by atoms with van der Waals surface area (Å²) in [5.41, 5.74) is 1.86. The van der Waals surface area contributed by atoms with Crippen molar-refractivity contribution in [3.05, 3.63) is 81.5 Å². The zero-order valence-electron chi connectivity index (χ0n) is 11.9. The van der Waals surface area contributed by atoms with E-state index in [2.05, 4.69) is 4.99 Å². The monoisotopic (exact) mass is 343 g/mol. The van der Waals surface area contributed by atoms with E-state index in [1.165, 1.54) is 0 Å². The number of carbonyl (C=O) groups excluding carboxylic acids is 1. The lowest BCUT2D eigenvalue weighted by atomic mass is 10.2. The van der Waals surface area contributed by atoms with E-state index in [4.69, 9.17) is 27.9 Å². The molecule has 0 aromatic heterocycles. The summed E-state index contributed by atoms with van der Waals surface area (Å²) >= 11 is 12.1. The van der Waals surface area contributed by atoms with Gasteiger partial charge in [0.25, 0.3) is 0 Å². The van der Waals surface area contributed by atoms with E-state index >= 15 is 0 Å². The zero-order valence-corrected chi connectivity index (χ0v) is 13.4. The van der Waals surface area contributed by atoms with Crippen LogP contribution in [0.15, 0.2) is 65.3 Å². The molecule has 0 saturated heterocycles. The van der Waals surface area contributed by atoms with E-state index in [9.17, 15) is 4.79 Å². The molecule has 5 heteroatoms. The molecule has 1 aliphatic rings. The molecule has 0 unspecified atom stereocenters. The number of cyclic esters (lactones) is 1. The number of aliphatic imine (C=N–C) groups is 1. The third kappa shape index (κ3) is 3.70. The molecule has 0 radical (unpaired) electrons. The molecule has 0 N–H and O–H groups in total. The van der Waals surface area contributed by atoms with Crippen molar-refractivity contribution in [2.24, 2.45) is 4.99 Å². The highest BCUT2D eigenvalue weighted by atomic mass is 35.5. The normalized spacial score (nSPS) is 16.0. The largest absolute Gasteiger partial charge is 0.403 e. The predicted molar refractivity (Wildman–Crippen MR) is 93.4 cm³/mol. The van der Waals surface area contributed by atoms with E-state index in [0.29, 0.717) is 10.0 Å². The molecule has 23 heavy (non-hydrogen) atoms. The third-order valence-electron chi connectivity index (χ3n) is 3.13. The van der Waals surface area contributed by atoms with Crippen LogP contribution in [0.3, 0.4) is 0 Å². The van der Waals surface area contributed by atoms with Crippen LogP contribution in [0.5, 0.6) is 0 Å². The zero-order chi connectivity index (χ0) is 16.2. The van der Waals surface area contributed by atoms with E-state index < -0.39 is 5.97 Å². The lowest BCUT2D eigenvalue weighted by Gasteiger charge is -1.99. The summed E-state index contributed by atoms with van der Waals surface area (Å²) in [5, 5.41) is 0.902. The van der Waals surface area contributed by atoms with Gasteiger partial charge in [0.05, 0.1) is 10.0 Å². The molecule has 2 aromatic rings. The van der Waals surface area contributed by atoms with E-state index in [-0.39, 0.29) is 11.6 Å². The number of benzene rings is 2. The number of esters is 1. The molecule has 0 atom stereocenters. The maximum Gasteiger partial charge on any atom is 0.363 e. The first-order valence-corrected chi connectivity index (χ1v) is 7.59. The first-order valence-electron chi connectivity index (χ1n) is 6.83. The van der Waals surface area contributed by atoms with Crippen LogP contribution in [0.1, 0.15) is 11.1 Å². The van der Waals surface area contributed by atoms with Gasteiger partial charge in [-0.2, -0.15) is 0 Å². The standard InChI is InChI=1S/C18H11Cl2NO2/c19-14-8-4-7-13(17(14)20)9-10-16-21-15(18(22)23-16)11-12-5-2-1-3-6-12/h1-11H/b10-9+,15-11-. The van der Waals surface area contributed by atoms with Crippen LogP contribution < -0.4 is 0 Å². The van der Waals surface area contributed by atoms with Gasteiger partial charge in [0.15, 0.2) is 5.70 Å². The van der Waals surface area contributed by atoms with Gasteiger partial charge in [0, 0.05) is 6.08 Å². The molecule has 2 aromatic carbocycles. The molecule has 0 bridgehead atoms. The van der Waals surface area contributed by atoms with Crippen LogP contribution >= 0.6 is 23.2 Å². The Labute approximate surface area is 143 Å². The van der Waals surface area contributed by atoms with E-state index in [1.807, 2.05) is 36.4 Å². The minimum Gasteiger partial charge on any atom is -0.403 e. The molecule has 0 amide bonds. The van der Waals surface area contributed by atoms with E-state index in [0.717, 1.165) is 11.1 Å². The van der Waals surface area contributed by atoms with Crippen LogP contribution in [0.4, 0.5) is 0 Å². The van der Waals surface area contributed by atoms with Gasteiger partial charge in [-0.15, -0.1) is 0 Å². The third-order valence-corrected chi connectivity index (χ3v) is 3.96. The lowest BCUT2D eigenvalue weighted by molar-refractivity contribution is -0.129. The van der Waals surface area contributed by atoms with Crippen molar-refractivity contribution in [1.29, 1.82) is 0 Å². The SMILES string of the molecule is O=C1OC(/C=C/c2cccc(Cl)c2Cl)=NC/1=C\c1ccccc1. The summed E-state index contributed by atoms with van der Waals surface area (Å²) in [5.74, 6) is -0.265. The summed E-state index contributed by atoms with van der Waals surface area (Å²) in [4.78, 5) is 16.0. The number of halogens is 2. The van der Waals surface area contributed by atoms with Crippen molar-refractivity contribution in [1.82, 2.24) is 0 Å². The fraction of sp³-hybridized carbons (Fsp3) is 0. The summed E-state index contributed by atoms with van der Waals surface area (Å²) in [6, 6.07) is 14.7. The number of carbonyl (C=O) groups is 1. The second-order valence-corrected chi connectivity index (χ2v) is 5.54. The maximum absolute atomic E-state index is 11.8. The Bertz CT molecular complexity index is 839. The van der Waals surface area contributed by atoms with Crippen molar-refractivity contribution in [2.75, 3.05) is 0 Å². The highest BCUT2D eigenvalue weighted by molar-refractivity contribution is 6.42. The molecular weight excluding hydrogens is 333 g/mol. The maximum atomic E-state index is 11.8. The number of nitrogens with zero attached hydrogens (tertiary/aromatic N) is 1.